The summed E-state index contributed by atoms with van der Waals surface area (Å²) in [4.78, 5) is 19.7. The van der Waals surface area contributed by atoms with Gasteiger partial charge in [-0.05, 0) is 65.5 Å². The van der Waals surface area contributed by atoms with E-state index < -0.39 is 0 Å². The van der Waals surface area contributed by atoms with E-state index in [1.165, 1.54) is 16.7 Å². The molecule has 182 valence electrons. The summed E-state index contributed by atoms with van der Waals surface area (Å²) < 4.78 is 1.88. The predicted molar refractivity (Wildman–Crippen MR) is 142 cm³/mol. The van der Waals surface area contributed by atoms with Gasteiger partial charge in [0.2, 0.25) is 0 Å². The van der Waals surface area contributed by atoms with Crippen molar-refractivity contribution in [3.63, 3.8) is 0 Å². The van der Waals surface area contributed by atoms with Crippen molar-refractivity contribution >= 4 is 32.5 Å². The molecule has 5 heterocycles. The fourth-order valence-electron chi connectivity index (χ4n) is 5.55. The third-order valence-corrected chi connectivity index (χ3v) is 8.55. The molecule has 0 aromatic carbocycles. The highest BCUT2D eigenvalue weighted by molar-refractivity contribution is 7.21. The molecule has 1 aliphatic heterocycles. The predicted octanol–water partition coefficient (Wildman–Crippen LogP) is 5.77. The number of hydrogen-bond donors (Lipinski definition) is 1. The van der Waals surface area contributed by atoms with E-state index in [4.69, 9.17) is 4.98 Å². The van der Waals surface area contributed by atoms with Crippen molar-refractivity contribution in [2.45, 2.75) is 85.9 Å². The number of anilines is 1. The summed E-state index contributed by atoms with van der Waals surface area (Å²) in [5.41, 5.74) is 8.06. The van der Waals surface area contributed by atoms with Crippen molar-refractivity contribution in [1.82, 2.24) is 29.5 Å². The summed E-state index contributed by atoms with van der Waals surface area (Å²) in [7, 11) is 0. The lowest BCUT2D eigenvalue weighted by Crippen LogP contribution is -2.64. The number of aromatic nitrogens is 5. The van der Waals surface area contributed by atoms with E-state index in [1.807, 2.05) is 4.52 Å². The Balaban J connectivity index is 1.61. The number of rotatable bonds is 4. The summed E-state index contributed by atoms with van der Waals surface area (Å²) in [5, 5.41) is 5.53. The summed E-state index contributed by atoms with van der Waals surface area (Å²) in [6.07, 6.45) is 3.72. The van der Waals surface area contributed by atoms with Crippen LogP contribution in [0.25, 0.3) is 27.3 Å². The molecule has 1 atom stereocenters. The van der Waals surface area contributed by atoms with E-state index in [1.54, 1.807) is 17.7 Å². The van der Waals surface area contributed by atoms with E-state index >= 15 is 0 Å². The van der Waals surface area contributed by atoms with E-state index in [-0.39, 0.29) is 5.54 Å². The van der Waals surface area contributed by atoms with Gasteiger partial charge in [-0.1, -0.05) is 25.2 Å². The first kappa shape index (κ1) is 23.3. The number of aryl methyl sites for hydroxylation is 1. The lowest BCUT2D eigenvalue weighted by atomic mass is 9.95. The van der Waals surface area contributed by atoms with Crippen molar-refractivity contribution in [2.75, 3.05) is 18.0 Å². The van der Waals surface area contributed by atoms with Gasteiger partial charge in [0, 0.05) is 48.0 Å². The number of nitrogens with one attached hydrogen (secondary N) is 1. The Kier molecular flexibility index (Phi) is 5.52. The van der Waals surface area contributed by atoms with Crippen molar-refractivity contribution < 1.29 is 0 Å². The minimum atomic E-state index is 0.0265. The second-order valence-electron chi connectivity index (χ2n) is 11.1. The number of H-pyrrole nitrogens is 1. The van der Waals surface area contributed by atoms with Crippen LogP contribution in [0.15, 0.2) is 12.5 Å². The number of thiazole rings is 1. The van der Waals surface area contributed by atoms with Gasteiger partial charge in [0.25, 0.3) is 0 Å². The quantitative estimate of drug-likeness (QED) is 0.402. The molecule has 0 radical (unpaired) electrons. The zero-order chi connectivity index (χ0) is 24.5. The van der Waals surface area contributed by atoms with Crippen LogP contribution in [0.1, 0.15) is 71.1 Å². The zero-order valence-electron chi connectivity index (χ0n) is 21.9. The minimum absolute atomic E-state index is 0.0265. The molecular weight excluding hydrogens is 442 g/mol. The molecule has 4 aromatic heterocycles. The van der Waals surface area contributed by atoms with Crippen LogP contribution < -0.4 is 4.90 Å². The van der Waals surface area contributed by atoms with Gasteiger partial charge < -0.3 is 9.88 Å². The van der Waals surface area contributed by atoms with Crippen LogP contribution in [0.2, 0.25) is 0 Å². The van der Waals surface area contributed by atoms with E-state index in [2.05, 4.69) is 93.4 Å². The minimum Gasteiger partial charge on any atom is -0.344 e. The third-order valence-electron chi connectivity index (χ3n) is 7.56. The number of pyridine rings is 1. The number of fused-ring (bicyclic) bond motifs is 2. The molecule has 0 bridgehead atoms. The first-order chi connectivity index (χ1) is 16.0. The van der Waals surface area contributed by atoms with Crippen LogP contribution in [0, 0.1) is 13.8 Å². The van der Waals surface area contributed by atoms with Gasteiger partial charge in [0.05, 0.1) is 5.69 Å². The second-order valence-corrected chi connectivity index (χ2v) is 12.1. The molecule has 0 saturated carbocycles. The van der Waals surface area contributed by atoms with Crippen LogP contribution in [0.5, 0.6) is 0 Å². The normalized spacial score (nSPS) is 19.4. The molecule has 34 heavy (non-hydrogen) atoms. The molecule has 1 saturated heterocycles. The highest BCUT2D eigenvalue weighted by atomic mass is 32.1. The highest BCUT2D eigenvalue weighted by Gasteiger charge is 2.40. The Hall–Kier alpha value is -2.45. The summed E-state index contributed by atoms with van der Waals surface area (Å²) in [6.45, 7) is 22.5. The van der Waals surface area contributed by atoms with Crippen LogP contribution in [-0.4, -0.2) is 60.2 Å². The number of hydrogen-bond acceptors (Lipinski definition) is 6. The van der Waals surface area contributed by atoms with Crippen LogP contribution >= 0.6 is 11.3 Å². The summed E-state index contributed by atoms with van der Waals surface area (Å²) in [6, 6.07) is 1.04. The topological polar surface area (TPSA) is 65.4 Å². The van der Waals surface area contributed by atoms with Crippen molar-refractivity contribution in [1.29, 1.82) is 0 Å². The molecule has 1 aliphatic rings. The SMILES string of the molecule is Cc1c(-c2[nH]c3sc(N4C[C@@H](C)N(C(C)C)CC4(C)C)nc3c2C(C)C)cn2ncnc2c1C. The fourth-order valence-corrected chi connectivity index (χ4v) is 6.71. The van der Waals surface area contributed by atoms with Gasteiger partial charge >= 0.3 is 0 Å². The molecule has 0 aliphatic carbocycles. The molecule has 4 aromatic rings. The molecule has 1 N–H and O–H groups in total. The lowest BCUT2D eigenvalue weighted by molar-refractivity contribution is 0.0975. The monoisotopic (exact) mass is 479 g/mol. The number of aromatic amines is 1. The van der Waals surface area contributed by atoms with Crippen molar-refractivity contribution in [2.24, 2.45) is 0 Å². The average Bonchev–Trinajstić information content (AvgIpc) is 3.45. The van der Waals surface area contributed by atoms with E-state index in [9.17, 15) is 0 Å². The molecule has 0 unspecified atom stereocenters. The lowest BCUT2D eigenvalue weighted by Gasteiger charge is -2.51. The maximum absolute atomic E-state index is 5.27. The first-order valence-electron chi connectivity index (χ1n) is 12.3. The van der Waals surface area contributed by atoms with E-state index in [0.29, 0.717) is 18.0 Å². The van der Waals surface area contributed by atoms with E-state index in [0.717, 1.165) is 45.5 Å². The highest BCUT2D eigenvalue weighted by Crippen LogP contribution is 2.43. The molecular formula is C26H37N7S. The molecule has 8 heteroatoms. The third kappa shape index (κ3) is 3.53. The zero-order valence-corrected chi connectivity index (χ0v) is 22.7. The summed E-state index contributed by atoms with van der Waals surface area (Å²) >= 11 is 1.79. The van der Waals surface area contributed by atoms with Gasteiger partial charge in [-0.25, -0.2) is 14.5 Å². The Bertz CT molecular complexity index is 1360. The van der Waals surface area contributed by atoms with Crippen LogP contribution in [-0.2, 0) is 0 Å². The molecule has 5 rings (SSSR count). The van der Waals surface area contributed by atoms with Crippen molar-refractivity contribution in [3.05, 3.63) is 29.2 Å². The van der Waals surface area contributed by atoms with Gasteiger partial charge in [-0.2, -0.15) is 5.10 Å². The van der Waals surface area contributed by atoms with Gasteiger partial charge in [0.1, 0.15) is 16.7 Å². The van der Waals surface area contributed by atoms with Gasteiger partial charge in [-0.15, -0.1) is 0 Å². The van der Waals surface area contributed by atoms with Crippen LogP contribution in [0.4, 0.5) is 5.13 Å². The smallest absolute Gasteiger partial charge is 0.188 e. The van der Waals surface area contributed by atoms with Gasteiger partial charge in [-0.3, -0.25) is 4.90 Å². The maximum atomic E-state index is 5.27. The Morgan fingerprint density at radius 2 is 1.88 bits per heavy atom. The number of nitrogens with zero attached hydrogens (tertiary/aromatic N) is 6. The molecule has 0 spiro atoms. The molecule has 7 nitrogen and oxygen atoms in total. The van der Waals surface area contributed by atoms with Crippen LogP contribution in [0.3, 0.4) is 0 Å². The molecule has 0 amide bonds. The Morgan fingerprint density at radius 1 is 1.15 bits per heavy atom. The van der Waals surface area contributed by atoms with Gasteiger partial charge in [0.15, 0.2) is 10.8 Å². The first-order valence-corrected chi connectivity index (χ1v) is 13.2. The fraction of sp³-hybridized carbons (Fsp3) is 0.577. The van der Waals surface area contributed by atoms with Crippen molar-refractivity contribution in [3.8, 4) is 11.3 Å². The summed E-state index contributed by atoms with van der Waals surface area (Å²) in [5.74, 6) is 0.342. The standard InChI is InChI=1S/C26H37N7S/c1-14(2)20-21(19-11-33-23(27-13-28-33)18(7)17(19)6)29-24-22(20)30-25(34-24)32-10-16(5)31(15(3)4)12-26(32,8)9/h11,13-16,29H,10,12H2,1-9H3/t16-/m1/s1. The molecule has 1 fully saturated rings. The Morgan fingerprint density at radius 3 is 2.56 bits per heavy atom. The largest absolute Gasteiger partial charge is 0.344 e. The second kappa shape index (κ2) is 8.05. The maximum Gasteiger partial charge on any atom is 0.188 e. The number of piperazine rings is 1. The Labute approximate surface area is 206 Å². The average molecular weight is 480 g/mol.